The van der Waals surface area contributed by atoms with E-state index in [1.165, 1.54) is 29.2 Å². The van der Waals surface area contributed by atoms with Crippen LogP contribution in [-0.2, 0) is 7.05 Å². The number of nitrogens with zero attached hydrogens (tertiary/aromatic N) is 3. The molecular formula is C10H9FN4O. The topological polar surface area (TPSA) is 59.8 Å². The standard InChI is InChI=1S/C10H9FN4O/c1-15-12-6-9(14-15)13-10(16)7-3-2-4-8(11)5-7/h2-6H,1H3,(H,13,14,16). The van der Waals surface area contributed by atoms with Gasteiger partial charge in [0.1, 0.15) is 5.82 Å². The average Bonchev–Trinajstić information content (AvgIpc) is 2.64. The number of amides is 1. The van der Waals surface area contributed by atoms with Gasteiger partial charge in [-0.1, -0.05) is 6.07 Å². The fraction of sp³-hybridized carbons (Fsp3) is 0.100. The summed E-state index contributed by atoms with van der Waals surface area (Å²) in [5.41, 5.74) is 0.241. The Bertz CT molecular complexity index is 523. The molecule has 1 aromatic carbocycles. The van der Waals surface area contributed by atoms with Crippen molar-refractivity contribution < 1.29 is 9.18 Å². The Hall–Kier alpha value is -2.24. The minimum absolute atomic E-state index is 0.241. The number of carbonyl (C=O) groups is 1. The van der Waals surface area contributed by atoms with E-state index in [-0.39, 0.29) is 5.56 Å². The fourth-order valence-electron chi connectivity index (χ4n) is 1.22. The Morgan fingerprint density at radius 1 is 1.50 bits per heavy atom. The Labute approximate surface area is 90.9 Å². The van der Waals surface area contributed by atoms with Gasteiger partial charge in [0, 0.05) is 12.6 Å². The molecule has 5 nitrogen and oxygen atoms in total. The van der Waals surface area contributed by atoms with Gasteiger partial charge in [-0.3, -0.25) is 4.79 Å². The second-order valence-electron chi connectivity index (χ2n) is 3.18. The number of aryl methyl sites for hydroxylation is 1. The second-order valence-corrected chi connectivity index (χ2v) is 3.18. The third-order valence-corrected chi connectivity index (χ3v) is 1.93. The van der Waals surface area contributed by atoms with Gasteiger partial charge < -0.3 is 5.32 Å². The highest BCUT2D eigenvalue weighted by Crippen LogP contribution is 2.06. The van der Waals surface area contributed by atoms with E-state index in [4.69, 9.17) is 0 Å². The molecule has 2 rings (SSSR count). The summed E-state index contributed by atoms with van der Waals surface area (Å²) in [7, 11) is 1.64. The molecule has 0 atom stereocenters. The summed E-state index contributed by atoms with van der Waals surface area (Å²) >= 11 is 0. The van der Waals surface area contributed by atoms with Gasteiger partial charge >= 0.3 is 0 Å². The molecule has 0 fully saturated rings. The molecule has 0 unspecified atom stereocenters. The zero-order valence-electron chi connectivity index (χ0n) is 8.51. The molecule has 0 aliphatic heterocycles. The molecule has 1 aromatic heterocycles. The minimum Gasteiger partial charge on any atom is -0.304 e. The monoisotopic (exact) mass is 220 g/mol. The van der Waals surface area contributed by atoms with Gasteiger partial charge in [-0.15, -0.1) is 5.10 Å². The molecule has 6 heteroatoms. The van der Waals surface area contributed by atoms with E-state index in [2.05, 4.69) is 15.5 Å². The summed E-state index contributed by atoms with van der Waals surface area (Å²) in [6.07, 6.45) is 1.41. The lowest BCUT2D eigenvalue weighted by atomic mass is 10.2. The maximum Gasteiger partial charge on any atom is 0.257 e. The number of carbonyl (C=O) groups excluding carboxylic acids is 1. The lowest BCUT2D eigenvalue weighted by molar-refractivity contribution is 0.102. The van der Waals surface area contributed by atoms with Gasteiger partial charge in [0.05, 0.1) is 6.20 Å². The lowest BCUT2D eigenvalue weighted by Gasteiger charge is -2.00. The van der Waals surface area contributed by atoms with Crippen LogP contribution in [0.25, 0.3) is 0 Å². The van der Waals surface area contributed by atoms with Crippen molar-refractivity contribution in [3.63, 3.8) is 0 Å². The highest BCUT2D eigenvalue weighted by molar-refractivity contribution is 6.03. The van der Waals surface area contributed by atoms with Crippen LogP contribution in [-0.4, -0.2) is 20.9 Å². The van der Waals surface area contributed by atoms with Crippen LogP contribution in [0.5, 0.6) is 0 Å². The lowest BCUT2D eigenvalue weighted by Crippen LogP contribution is -2.12. The SMILES string of the molecule is Cn1ncc(NC(=O)c2cccc(F)c2)n1. The quantitative estimate of drug-likeness (QED) is 0.827. The number of rotatable bonds is 2. The predicted molar refractivity (Wildman–Crippen MR) is 55.4 cm³/mol. The van der Waals surface area contributed by atoms with Crippen molar-refractivity contribution in [3.8, 4) is 0 Å². The zero-order valence-corrected chi connectivity index (χ0v) is 8.51. The van der Waals surface area contributed by atoms with Gasteiger partial charge in [0.15, 0.2) is 5.82 Å². The number of anilines is 1. The number of halogens is 1. The van der Waals surface area contributed by atoms with E-state index < -0.39 is 11.7 Å². The number of hydrogen-bond acceptors (Lipinski definition) is 3. The van der Waals surface area contributed by atoms with E-state index >= 15 is 0 Å². The summed E-state index contributed by atoms with van der Waals surface area (Å²) in [4.78, 5) is 12.9. The second kappa shape index (κ2) is 4.09. The fourth-order valence-corrected chi connectivity index (χ4v) is 1.22. The van der Waals surface area contributed by atoms with Crippen molar-refractivity contribution in [3.05, 3.63) is 41.8 Å². The average molecular weight is 220 g/mol. The van der Waals surface area contributed by atoms with E-state index in [1.54, 1.807) is 7.05 Å². The molecular weight excluding hydrogens is 211 g/mol. The first-order chi connectivity index (χ1) is 7.65. The third kappa shape index (κ3) is 2.22. The Morgan fingerprint density at radius 2 is 2.31 bits per heavy atom. The molecule has 0 aliphatic rings. The van der Waals surface area contributed by atoms with Crippen molar-refractivity contribution in [2.45, 2.75) is 0 Å². The van der Waals surface area contributed by atoms with Crippen molar-refractivity contribution >= 4 is 11.7 Å². The van der Waals surface area contributed by atoms with E-state index in [0.717, 1.165) is 6.07 Å². The Kier molecular flexibility index (Phi) is 2.63. The van der Waals surface area contributed by atoms with Crippen LogP contribution in [0.2, 0.25) is 0 Å². The molecule has 1 amide bonds. The summed E-state index contributed by atoms with van der Waals surface area (Å²) in [6.45, 7) is 0. The van der Waals surface area contributed by atoms with Crippen LogP contribution in [0.15, 0.2) is 30.5 Å². The largest absolute Gasteiger partial charge is 0.304 e. The van der Waals surface area contributed by atoms with Gasteiger partial charge in [0.2, 0.25) is 0 Å². The van der Waals surface area contributed by atoms with E-state index in [9.17, 15) is 9.18 Å². The van der Waals surface area contributed by atoms with Gasteiger partial charge in [-0.05, 0) is 18.2 Å². The molecule has 0 aliphatic carbocycles. The van der Waals surface area contributed by atoms with Crippen LogP contribution in [0.4, 0.5) is 10.2 Å². The Morgan fingerprint density at radius 3 is 2.94 bits per heavy atom. The van der Waals surface area contributed by atoms with Crippen LogP contribution in [0.3, 0.4) is 0 Å². The molecule has 16 heavy (non-hydrogen) atoms. The van der Waals surface area contributed by atoms with Crippen LogP contribution < -0.4 is 5.32 Å². The highest BCUT2D eigenvalue weighted by atomic mass is 19.1. The number of nitrogens with one attached hydrogen (secondary N) is 1. The van der Waals surface area contributed by atoms with Crippen molar-refractivity contribution in [2.75, 3.05) is 5.32 Å². The maximum atomic E-state index is 12.9. The van der Waals surface area contributed by atoms with Crippen LogP contribution in [0, 0.1) is 5.82 Å². The first kappa shape index (κ1) is 10.3. The van der Waals surface area contributed by atoms with Crippen molar-refractivity contribution in [1.29, 1.82) is 0 Å². The molecule has 0 saturated heterocycles. The first-order valence-electron chi connectivity index (χ1n) is 4.58. The highest BCUT2D eigenvalue weighted by Gasteiger charge is 2.08. The van der Waals surface area contributed by atoms with Gasteiger partial charge in [-0.2, -0.15) is 9.90 Å². The normalized spacial score (nSPS) is 10.1. The molecule has 0 bridgehead atoms. The van der Waals surface area contributed by atoms with Crippen molar-refractivity contribution in [1.82, 2.24) is 15.0 Å². The van der Waals surface area contributed by atoms with Crippen LogP contribution >= 0.6 is 0 Å². The summed E-state index contributed by atoms with van der Waals surface area (Å²) < 4.78 is 12.9. The third-order valence-electron chi connectivity index (χ3n) is 1.93. The number of hydrogen-bond donors (Lipinski definition) is 1. The Balaban J connectivity index is 2.14. The van der Waals surface area contributed by atoms with Crippen LogP contribution in [0.1, 0.15) is 10.4 Å². The summed E-state index contributed by atoms with van der Waals surface area (Å²) in [5.74, 6) is -0.538. The van der Waals surface area contributed by atoms with E-state index in [0.29, 0.717) is 5.82 Å². The molecule has 0 saturated carbocycles. The van der Waals surface area contributed by atoms with Gasteiger partial charge in [0.25, 0.3) is 5.91 Å². The summed E-state index contributed by atoms with van der Waals surface area (Å²) in [6, 6.07) is 5.43. The predicted octanol–water partition coefficient (Wildman–Crippen LogP) is 1.21. The molecule has 1 N–H and O–H groups in total. The molecule has 1 heterocycles. The minimum atomic E-state index is -0.452. The molecule has 0 spiro atoms. The smallest absolute Gasteiger partial charge is 0.257 e. The zero-order chi connectivity index (χ0) is 11.5. The molecule has 82 valence electrons. The number of benzene rings is 1. The van der Waals surface area contributed by atoms with Gasteiger partial charge in [-0.25, -0.2) is 4.39 Å². The summed E-state index contributed by atoms with van der Waals surface area (Å²) in [5, 5.41) is 10.2. The number of aromatic nitrogens is 3. The van der Waals surface area contributed by atoms with Crippen molar-refractivity contribution in [2.24, 2.45) is 7.05 Å². The van der Waals surface area contributed by atoms with E-state index in [1.807, 2.05) is 0 Å². The first-order valence-corrected chi connectivity index (χ1v) is 4.58. The maximum absolute atomic E-state index is 12.9. The molecule has 0 radical (unpaired) electrons. The molecule has 2 aromatic rings.